The van der Waals surface area contributed by atoms with Gasteiger partial charge in [0, 0.05) is 25.2 Å². The number of H-pyrrole nitrogens is 1. The Kier molecular flexibility index (Phi) is 3.86. The number of aromatic amines is 1. The molecule has 1 N–H and O–H groups in total. The minimum absolute atomic E-state index is 0.270. The second-order valence-electron chi connectivity index (χ2n) is 6.23. The molecule has 0 spiro atoms. The summed E-state index contributed by atoms with van der Waals surface area (Å²) in [6.07, 6.45) is 1.72. The third-order valence-corrected chi connectivity index (χ3v) is 6.17. The maximum absolute atomic E-state index is 11.5. The molecule has 0 unspecified atom stereocenters. The number of sulfone groups is 1. The van der Waals surface area contributed by atoms with Crippen molar-refractivity contribution in [2.75, 3.05) is 24.6 Å². The van der Waals surface area contributed by atoms with Crippen LogP contribution in [0.25, 0.3) is 22.2 Å². The van der Waals surface area contributed by atoms with E-state index in [9.17, 15) is 8.42 Å². The standard InChI is InChI=1S/C18H19N3O2S/c22-24(23)10-8-21(9-11-24)12-14-4-6-15(7-5-14)16-2-1-3-17-18(16)20-13-19-17/h1-7,13H,8-12H2,(H,19,20). The van der Waals surface area contributed by atoms with E-state index in [1.807, 2.05) is 12.1 Å². The number of nitrogens with one attached hydrogen (secondary N) is 1. The van der Waals surface area contributed by atoms with Gasteiger partial charge in [0.05, 0.1) is 28.9 Å². The monoisotopic (exact) mass is 341 g/mol. The molecule has 0 bridgehead atoms. The summed E-state index contributed by atoms with van der Waals surface area (Å²) in [7, 11) is -2.82. The number of benzene rings is 2. The maximum atomic E-state index is 11.5. The molecule has 1 aliphatic rings. The number of aromatic nitrogens is 2. The van der Waals surface area contributed by atoms with Crippen LogP contribution in [0.2, 0.25) is 0 Å². The molecule has 0 saturated carbocycles. The van der Waals surface area contributed by atoms with Gasteiger partial charge in [-0.1, -0.05) is 36.4 Å². The zero-order valence-electron chi connectivity index (χ0n) is 13.3. The molecule has 2 aromatic carbocycles. The van der Waals surface area contributed by atoms with E-state index in [2.05, 4.69) is 45.2 Å². The molecule has 0 amide bonds. The molecule has 24 heavy (non-hydrogen) atoms. The number of hydrogen-bond donors (Lipinski definition) is 1. The van der Waals surface area contributed by atoms with Gasteiger partial charge in [-0.2, -0.15) is 0 Å². The second kappa shape index (κ2) is 6.03. The van der Waals surface area contributed by atoms with Crippen molar-refractivity contribution in [3.05, 3.63) is 54.4 Å². The quantitative estimate of drug-likeness (QED) is 0.795. The number of nitrogens with zero attached hydrogens (tertiary/aromatic N) is 2. The lowest BCUT2D eigenvalue weighted by molar-refractivity contribution is 0.287. The van der Waals surface area contributed by atoms with Crippen molar-refractivity contribution in [1.29, 1.82) is 0 Å². The van der Waals surface area contributed by atoms with Crippen LogP contribution >= 0.6 is 0 Å². The van der Waals surface area contributed by atoms with E-state index in [1.165, 1.54) is 5.56 Å². The SMILES string of the molecule is O=S1(=O)CCN(Cc2ccc(-c3cccc4[nH]cnc34)cc2)CC1. The molecule has 5 nitrogen and oxygen atoms in total. The highest BCUT2D eigenvalue weighted by Gasteiger charge is 2.21. The lowest BCUT2D eigenvalue weighted by Gasteiger charge is -2.26. The van der Waals surface area contributed by atoms with Crippen LogP contribution < -0.4 is 0 Å². The number of para-hydroxylation sites is 1. The van der Waals surface area contributed by atoms with Crippen molar-refractivity contribution in [3.63, 3.8) is 0 Å². The minimum atomic E-state index is -2.82. The first-order valence-corrected chi connectivity index (χ1v) is 9.87. The maximum Gasteiger partial charge on any atom is 0.152 e. The summed E-state index contributed by atoms with van der Waals surface area (Å²) in [6, 6.07) is 14.6. The van der Waals surface area contributed by atoms with Crippen LogP contribution in [0, 0.1) is 0 Å². The van der Waals surface area contributed by atoms with Crippen molar-refractivity contribution < 1.29 is 8.42 Å². The van der Waals surface area contributed by atoms with Gasteiger partial charge in [0.1, 0.15) is 0 Å². The van der Waals surface area contributed by atoms with Gasteiger partial charge in [0.15, 0.2) is 9.84 Å². The molecule has 1 aromatic heterocycles. The van der Waals surface area contributed by atoms with E-state index in [4.69, 9.17) is 0 Å². The predicted octanol–water partition coefficient (Wildman–Crippen LogP) is 2.46. The molecule has 2 heterocycles. The third kappa shape index (κ3) is 3.07. The van der Waals surface area contributed by atoms with E-state index < -0.39 is 9.84 Å². The Morgan fingerprint density at radius 1 is 1.04 bits per heavy atom. The molecule has 0 aliphatic carbocycles. The summed E-state index contributed by atoms with van der Waals surface area (Å²) < 4.78 is 23.0. The molecule has 124 valence electrons. The molecule has 6 heteroatoms. The van der Waals surface area contributed by atoms with E-state index in [0.717, 1.165) is 28.7 Å². The Balaban J connectivity index is 1.52. The van der Waals surface area contributed by atoms with Crippen LogP contribution in [-0.4, -0.2) is 47.9 Å². The van der Waals surface area contributed by atoms with E-state index >= 15 is 0 Å². The Morgan fingerprint density at radius 3 is 2.54 bits per heavy atom. The van der Waals surface area contributed by atoms with Gasteiger partial charge in [0.2, 0.25) is 0 Å². The van der Waals surface area contributed by atoms with Crippen LogP contribution in [0.5, 0.6) is 0 Å². The largest absolute Gasteiger partial charge is 0.345 e. The number of hydrogen-bond acceptors (Lipinski definition) is 4. The van der Waals surface area contributed by atoms with Gasteiger partial charge in [-0.25, -0.2) is 13.4 Å². The summed E-state index contributed by atoms with van der Waals surface area (Å²) in [4.78, 5) is 9.74. The zero-order chi connectivity index (χ0) is 16.6. The van der Waals surface area contributed by atoms with Gasteiger partial charge in [0.25, 0.3) is 0 Å². The van der Waals surface area contributed by atoms with Crippen LogP contribution in [-0.2, 0) is 16.4 Å². The van der Waals surface area contributed by atoms with Gasteiger partial charge < -0.3 is 4.98 Å². The summed E-state index contributed by atoms with van der Waals surface area (Å²) in [5.74, 6) is 0.540. The van der Waals surface area contributed by atoms with Gasteiger partial charge in [-0.3, -0.25) is 4.90 Å². The first-order valence-electron chi connectivity index (χ1n) is 8.05. The van der Waals surface area contributed by atoms with Gasteiger partial charge in [-0.05, 0) is 17.2 Å². The average Bonchev–Trinajstić information content (AvgIpc) is 3.06. The molecule has 1 saturated heterocycles. The van der Waals surface area contributed by atoms with Gasteiger partial charge >= 0.3 is 0 Å². The van der Waals surface area contributed by atoms with Crippen LogP contribution in [0.1, 0.15) is 5.56 Å². The van der Waals surface area contributed by atoms with E-state index in [-0.39, 0.29) is 11.5 Å². The average molecular weight is 341 g/mol. The Morgan fingerprint density at radius 2 is 1.79 bits per heavy atom. The lowest BCUT2D eigenvalue weighted by Crippen LogP contribution is -2.39. The predicted molar refractivity (Wildman–Crippen MR) is 95.5 cm³/mol. The van der Waals surface area contributed by atoms with Crippen molar-refractivity contribution in [1.82, 2.24) is 14.9 Å². The fourth-order valence-electron chi connectivity index (χ4n) is 3.15. The highest BCUT2D eigenvalue weighted by molar-refractivity contribution is 7.91. The lowest BCUT2D eigenvalue weighted by atomic mass is 10.0. The van der Waals surface area contributed by atoms with Crippen molar-refractivity contribution in [2.24, 2.45) is 0 Å². The minimum Gasteiger partial charge on any atom is -0.345 e. The highest BCUT2D eigenvalue weighted by Crippen LogP contribution is 2.26. The fraction of sp³-hybridized carbons (Fsp3) is 0.278. The molecule has 0 radical (unpaired) electrons. The molecular formula is C18H19N3O2S. The van der Waals surface area contributed by atoms with Crippen LogP contribution in [0.3, 0.4) is 0 Å². The summed E-state index contributed by atoms with van der Waals surface area (Å²) in [5, 5.41) is 0. The number of fused-ring (bicyclic) bond motifs is 1. The Bertz CT molecular complexity index is 947. The van der Waals surface area contributed by atoms with Crippen molar-refractivity contribution >= 4 is 20.9 Å². The molecule has 0 atom stereocenters. The molecular weight excluding hydrogens is 322 g/mol. The fourth-order valence-corrected chi connectivity index (χ4v) is 4.43. The van der Waals surface area contributed by atoms with Gasteiger partial charge in [-0.15, -0.1) is 0 Å². The zero-order valence-corrected chi connectivity index (χ0v) is 14.1. The Hall–Kier alpha value is -2.18. The molecule has 3 aromatic rings. The highest BCUT2D eigenvalue weighted by atomic mass is 32.2. The second-order valence-corrected chi connectivity index (χ2v) is 8.53. The topological polar surface area (TPSA) is 66.1 Å². The molecule has 1 aliphatic heterocycles. The summed E-state index contributed by atoms with van der Waals surface area (Å²) in [5.41, 5.74) is 5.46. The molecule has 1 fully saturated rings. The first-order chi connectivity index (χ1) is 11.6. The first kappa shape index (κ1) is 15.4. The van der Waals surface area contributed by atoms with Crippen molar-refractivity contribution in [2.45, 2.75) is 6.54 Å². The smallest absolute Gasteiger partial charge is 0.152 e. The van der Waals surface area contributed by atoms with E-state index in [1.54, 1.807) is 6.33 Å². The Labute approximate surface area is 141 Å². The third-order valence-electron chi connectivity index (χ3n) is 4.56. The van der Waals surface area contributed by atoms with Crippen LogP contribution in [0.4, 0.5) is 0 Å². The number of rotatable bonds is 3. The molecule has 4 rings (SSSR count). The number of imidazole rings is 1. The van der Waals surface area contributed by atoms with Crippen molar-refractivity contribution in [3.8, 4) is 11.1 Å². The van der Waals surface area contributed by atoms with E-state index in [0.29, 0.717) is 13.1 Å². The normalized spacial score (nSPS) is 18.0. The summed E-state index contributed by atoms with van der Waals surface area (Å²) in [6.45, 7) is 2.04. The van der Waals surface area contributed by atoms with Crippen LogP contribution in [0.15, 0.2) is 48.8 Å². The summed E-state index contributed by atoms with van der Waals surface area (Å²) >= 11 is 0.